The molecule has 0 radical (unpaired) electrons. The molecule has 0 saturated carbocycles. The molecule has 1 fully saturated rings. The van der Waals surface area contributed by atoms with Gasteiger partial charge in [0.2, 0.25) is 11.8 Å². The third-order valence-electron chi connectivity index (χ3n) is 4.83. The maximum Gasteiger partial charge on any atom is 0.239 e. The van der Waals surface area contributed by atoms with Gasteiger partial charge in [-0.1, -0.05) is 12.1 Å². The minimum absolute atomic E-state index is 0.0207. The van der Waals surface area contributed by atoms with Crippen LogP contribution < -0.4 is 10.1 Å². The summed E-state index contributed by atoms with van der Waals surface area (Å²) in [4.78, 5) is 30.4. The summed E-state index contributed by atoms with van der Waals surface area (Å²) in [6, 6.07) is 8.15. The van der Waals surface area contributed by atoms with Crippen LogP contribution in [0.1, 0.15) is 19.4 Å². The number of nitrogens with one attached hydrogen (secondary N) is 1. The summed E-state index contributed by atoms with van der Waals surface area (Å²) in [7, 11) is 1.67. The number of carbonyl (C=O) groups excluding carboxylic acids is 2. The van der Waals surface area contributed by atoms with Crippen molar-refractivity contribution >= 4 is 11.8 Å². The molecular weight excluding hydrogens is 344 g/mol. The maximum absolute atomic E-state index is 12.5. The lowest BCUT2D eigenvalue weighted by Crippen LogP contribution is -2.50. The number of hydrogen-bond donors (Lipinski definition) is 1. The number of carbonyl (C=O) groups is 2. The van der Waals surface area contributed by atoms with Gasteiger partial charge in [0.05, 0.1) is 20.2 Å². The Morgan fingerprint density at radius 2 is 1.70 bits per heavy atom. The van der Waals surface area contributed by atoms with Crippen LogP contribution in [0.15, 0.2) is 24.3 Å². The summed E-state index contributed by atoms with van der Waals surface area (Å²) in [5, 5.41) is 2.74. The number of amides is 2. The zero-order valence-corrected chi connectivity index (χ0v) is 16.7. The molecule has 1 aromatic carbocycles. The molecule has 1 saturated heterocycles. The van der Waals surface area contributed by atoms with Crippen molar-refractivity contribution in [3.05, 3.63) is 29.8 Å². The Morgan fingerprint density at radius 1 is 1.07 bits per heavy atom. The highest BCUT2D eigenvalue weighted by Gasteiger charge is 2.22. The van der Waals surface area contributed by atoms with Crippen molar-refractivity contribution in [3.63, 3.8) is 0 Å². The summed E-state index contributed by atoms with van der Waals surface area (Å²) in [5.41, 5.74) is 1.26. The van der Waals surface area contributed by atoms with Crippen LogP contribution >= 0.6 is 0 Å². The largest absolute Gasteiger partial charge is 0.497 e. The number of piperazine rings is 1. The highest BCUT2D eigenvalue weighted by molar-refractivity contribution is 5.85. The Labute approximate surface area is 162 Å². The molecule has 1 aliphatic heterocycles. The second-order valence-corrected chi connectivity index (χ2v) is 6.76. The molecule has 7 nitrogen and oxygen atoms in total. The molecule has 0 aromatic heterocycles. The van der Waals surface area contributed by atoms with Gasteiger partial charge >= 0.3 is 0 Å². The van der Waals surface area contributed by atoms with Crippen LogP contribution in [0.25, 0.3) is 0 Å². The van der Waals surface area contributed by atoms with E-state index in [0.717, 1.165) is 38.5 Å². The predicted octanol–water partition coefficient (Wildman–Crippen LogP) is 0.797. The lowest BCUT2D eigenvalue weighted by Gasteiger charge is -2.35. The van der Waals surface area contributed by atoms with Crippen molar-refractivity contribution < 1.29 is 14.3 Å². The summed E-state index contributed by atoms with van der Waals surface area (Å²) in [5.74, 6) is 0.791. The van der Waals surface area contributed by atoms with E-state index < -0.39 is 0 Å². The van der Waals surface area contributed by atoms with Gasteiger partial charge in [0, 0.05) is 45.8 Å². The zero-order chi connectivity index (χ0) is 19.6. The van der Waals surface area contributed by atoms with Crippen LogP contribution in [0, 0.1) is 0 Å². The van der Waals surface area contributed by atoms with Crippen LogP contribution in [0.5, 0.6) is 5.75 Å². The van der Waals surface area contributed by atoms with Crippen molar-refractivity contribution in [1.82, 2.24) is 20.0 Å². The predicted molar refractivity (Wildman–Crippen MR) is 106 cm³/mol. The van der Waals surface area contributed by atoms with Gasteiger partial charge < -0.3 is 15.0 Å². The molecule has 2 rings (SSSR count). The first-order valence-corrected chi connectivity index (χ1v) is 9.67. The average molecular weight is 377 g/mol. The number of benzene rings is 1. The molecular formula is C20H32N4O3. The quantitative estimate of drug-likeness (QED) is 0.691. The lowest BCUT2D eigenvalue weighted by molar-refractivity contribution is -0.137. The molecule has 1 aliphatic rings. The topological polar surface area (TPSA) is 65.1 Å². The highest BCUT2D eigenvalue weighted by atomic mass is 16.5. The summed E-state index contributed by atoms with van der Waals surface area (Å²) >= 11 is 0. The lowest BCUT2D eigenvalue weighted by atomic mass is 10.2. The van der Waals surface area contributed by atoms with Gasteiger partial charge in [-0.3, -0.25) is 19.4 Å². The molecule has 0 aliphatic carbocycles. The van der Waals surface area contributed by atoms with E-state index in [1.807, 2.05) is 26.0 Å². The number of ether oxygens (including phenoxy) is 1. The Kier molecular flexibility index (Phi) is 8.54. The molecule has 0 spiro atoms. The number of hydrogen-bond acceptors (Lipinski definition) is 5. The van der Waals surface area contributed by atoms with Gasteiger partial charge in [-0.25, -0.2) is 0 Å². The Bertz CT molecular complexity index is 598. The molecule has 1 N–H and O–H groups in total. The molecule has 150 valence electrons. The minimum atomic E-state index is -0.1000. The van der Waals surface area contributed by atoms with Crippen LogP contribution in [-0.2, 0) is 16.1 Å². The molecule has 1 heterocycles. The molecule has 2 amide bonds. The minimum Gasteiger partial charge on any atom is -0.497 e. The van der Waals surface area contributed by atoms with Crippen LogP contribution in [-0.4, -0.2) is 86.0 Å². The van der Waals surface area contributed by atoms with Crippen molar-refractivity contribution in [2.45, 2.75) is 20.4 Å². The highest BCUT2D eigenvalue weighted by Crippen LogP contribution is 2.14. The number of likely N-dealkylation sites (N-methyl/N-ethyl adjacent to an activating group) is 2. The standard InChI is InChI=1S/C20H32N4O3/c1-4-21-19(25)15-24(5-2)20(26)16-23-12-10-22(11-13-23)14-17-6-8-18(27-3)9-7-17/h6-9H,4-5,10-16H2,1-3H3,(H,21,25). The smallest absolute Gasteiger partial charge is 0.239 e. The third kappa shape index (κ3) is 6.84. The second kappa shape index (κ2) is 10.9. The number of nitrogens with zero attached hydrogens (tertiary/aromatic N) is 3. The normalized spacial score (nSPS) is 15.4. The van der Waals surface area contributed by atoms with Crippen molar-refractivity contribution in [1.29, 1.82) is 0 Å². The Morgan fingerprint density at radius 3 is 2.26 bits per heavy atom. The SMILES string of the molecule is CCNC(=O)CN(CC)C(=O)CN1CCN(Cc2ccc(OC)cc2)CC1. The fourth-order valence-electron chi connectivity index (χ4n) is 3.19. The maximum atomic E-state index is 12.5. The van der Waals surface area contributed by atoms with Crippen LogP contribution in [0.4, 0.5) is 0 Å². The summed E-state index contributed by atoms with van der Waals surface area (Å²) in [6.45, 7) is 9.93. The molecule has 27 heavy (non-hydrogen) atoms. The number of rotatable bonds is 9. The van der Waals surface area contributed by atoms with Crippen molar-refractivity contribution in [2.24, 2.45) is 0 Å². The van der Waals surface area contributed by atoms with E-state index in [1.165, 1.54) is 5.56 Å². The molecule has 0 unspecified atom stereocenters. The average Bonchev–Trinajstić information content (AvgIpc) is 2.68. The number of methoxy groups -OCH3 is 1. The van der Waals surface area contributed by atoms with E-state index in [9.17, 15) is 9.59 Å². The first kappa shape index (κ1) is 21.2. The van der Waals surface area contributed by atoms with E-state index >= 15 is 0 Å². The van der Waals surface area contributed by atoms with Crippen molar-refractivity contribution in [3.8, 4) is 5.75 Å². The van der Waals surface area contributed by atoms with Crippen LogP contribution in [0.3, 0.4) is 0 Å². The molecule has 1 aromatic rings. The third-order valence-corrected chi connectivity index (χ3v) is 4.83. The first-order chi connectivity index (χ1) is 13.0. The van der Waals surface area contributed by atoms with E-state index in [1.54, 1.807) is 12.0 Å². The summed E-state index contributed by atoms with van der Waals surface area (Å²) in [6.07, 6.45) is 0. The Balaban J connectivity index is 1.75. The van der Waals surface area contributed by atoms with Gasteiger partial charge in [0.15, 0.2) is 0 Å². The van der Waals surface area contributed by atoms with E-state index in [4.69, 9.17) is 4.74 Å². The van der Waals surface area contributed by atoms with Gasteiger partial charge in [-0.05, 0) is 31.5 Å². The van der Waals surface area contributed by atoms with Gasteiger partial charge in [-0.15, -0.1) is 0 Å². The first-order valence-electron chi connectivity index (χ1n) is 9.67. The van der Waals surface area contributed by atoms with Crippen molar-refractivity contribution in [2.75, 3.05) is 59.5 Å². The van der Waals surface area contributed by atoms with Gasteiger partial charge in [0.25, 0.3) is 0 Å². The Hall–Kier alpha value is -2.12. The fourth-order valence-corrected chi connectivity index (χ4v) is 3.19. The van der Waals surface area contributed by atoms with Gasteiger partial charge in [-0.2, -0.15) is 0 Å². The summed E-state index contributed by atoms with van der Waals surface area (Å²) < 4.78 is 5.19. The van der Waals surface area contributed by atoms with Gasteiger partial charge in [0.1, 0.15) is 5.75 Å². The zero-order valence-electron chi connectivity index (χ0n) is 16.7. The fraction of sp³-hybridized carbons (Fsp3) is 0.600. The van der Waals surface area contributed by atoms with E-state index in [-0.39, 0.29) is 18.4 Å². The van der Waals surface area contributed by atoms with Crippen LogP contribution in [0.2, 0.25) is 0 Å². The molecule has 0 atom stereocenters. The van der Waals surface area contributed by atoms with E-state index in [0.29, 0.717) is 19.6 Å². The molecule has 0 bridgehead atoms. The second-order valence-electron chi connectivity index (χ2n) is 6.76. The monoisotopic (exact) mass is 376 g/mol. The van der Waals surface area contributed by atoms with E-state index in [2.05, 4.69) is 27.2 Å². The molecule has 7 heteroatoms.